The second kappa shape index (κ2) is 5.37. The van der Waals surface area contributed by atoms with Crippen molar-refractivity contribution in [1.82, 2.24) is 9.55 Å². The molecule has 18 heavy (non-hydrogen) atoms. The van der Waals surface area contributed by atoms with E-state index >= 15 is 0 Å². The van der Waals surface area contributed by atoms with E-state index in [1.54, 1.807) is 0 Å². The fourth-order valence-corrected chi connectivity index (χ4v) is 2.47. The van der Waals surface area contributed by atoms with Gasteiger partial charge < -0.3 is 9.88 Å². The highest BCUT2D eigenvalue weighted by atomic mass is 35.5. The number of aromatic nitrogens is 2. The summed E-state index contributed by atoms with van der Waals surface area (Å²) in [7, 11) is 1.89. The number of anilines is 1. The van der Waals surface area contributed by atoms with Gasteiger partial charge in [0.2, 0.25) is 5.28 Å². The molecular weight excluding hydrogens is 269 g/mol. The summed E-state index contributed by atoms with van der Waals surface area (Å²) in [4.78, 5) is 4.30. The molecule has 0 bridgehead atoms. The molecule has 0 aliphatic heterocycles. The minimum atomic E-state index is 0.404. The molecule has 0 fully saturated rings. The SMILES string of the molecule is CCC(CC)Nc1c(Cl)ccc2nc(Cl)n(C)c12. The summed E-state index contributed by atoms with van der Waals surface area (Å²) in [5, 5.41) is 4.67. The summed E-state index contributed by atoms with van der Waals surface area (Å²) < 4.78 is 1.85. The van der Waals surface area contributed by atoms with E-state index in [2.05, 4.69) is 24.1 Å². The van der Waals surface area contributed by atoms with E-state index < -0.39 is 0 Å². The Morgan fingerprint density at radius 3 is 2.56 bits per heavy atom. The van der Waals surface area contributed by atoms with Crippen LogP contribution in [-0.2, 0) is 7.05 Å². The first kappa shape index (κ1) is 13.5. The Bertz CT molecular complexity index is 559. The summed E-state index contributed by atoms with van der Waals surface area (Å²) in [5.74, 6) is 0. The number of nitrogens with one attached hydrogen (secondary N) is 1. The average molecular weight is 286 g/mol. The van der Waals surface area contributed by atoms with E-state index in [9.17, 15) is 0 Å². The Hall–Kier alpha value is -0.930. The third-order valence-electron chi connectivity index (χ3n) is 3.26. The summed E-state index contributed by atoms with van der Waals surface area (Å²) in [6.07, 6.45) is 2.10. The first-order chi connectivity index (χ1) is 8.58. The van der Waals surface area contributed by atoms with E-state index in [1.807, 2.05) is 23.7 Å². The maximum Gasteiger partial charge on any atom is 0.203 e. The second-order valence-corrected chi connectivity index (χ2v) is 5.13. The molecule has 3 nitrogen and oxygen atoms in total. The van der Waals surface area contributed by atoms with Crippen molar-refractivity contribution in [3.63, 3.8) is 0 Å². The monoisotopic (exact) mass is 285 g/mol. The van der Waals surface area contributed by atoms with Crippen molar-refractivity contribution >= 4 is 39.9 Å². The van der Waals surface area contributed by atoms with Crippen LogP contribution in [0.1, 0.15) is 26.7 Å². The Balaban J connectivity index is 2.56. The van der Waals surface area contributed by atoms with Gasteiger partial charge >= 0.3 is 0 Å². The van der Waals surface area contributed by atoms with Crippen molar-refractivity contribution in [3.8, 4) is 0 Å². The van der Waals surface area contributed by atoms with Gasteiger partial charge in [0, 0.05) is 13.1 Å². The number of nitrogens with zero attached hydrogens (tertiary/aromatic N) is 2. The highest BCUT2D eigenvalue weighted by Crippen LogP contribution is 2.33. The summed E-state index contributed by atoms with van der Waals surface area (Å²) >= 11 is 12.4. The fourth-order valence-electron chi connectivity index (χ4n) is 2.09. The maximum atomic E-state index is 6.30. The molecule has 1 heterocycles. The Morgan fingerprint density at radius 1 is 1.28 bits per heavy atom. The summed E-state index contributed by atoms with van der Waals surface area (Å²) in [6.45, 7) is 4.32. The molecule has 1 aromatic carbocycles. The third-order valence-corrected chi connectivity index (χ3v) is 3.92. The average Bonchev–Trinajstić information content (AvgIpc) is 2.65. The predicted octanol–water partition coefficient (Wildman–Crippen LogP) is 4.48. The minimum absolute atomic E-state index is 0.404. The zero-order valence-electron chi connectivity index (χ0n) is 10.8. The van der Waals surface area contributed by atoms with Gasteiger partial charge in [-0.25, -0.2) is 4.98 Å². The van der Waals surface area contributed by atoms with Crippen LogP contribution >= 0.6 is 23.2 Å². The van der Waals surface area contributed by atoms with Crippen LogP contribution in [0.4, 0.5) is 5.69 Å². The number of hydrogen-bond acceptors (Lipinski definition) is 2. The highest BCUT2D eigenvalue weighted by Gasteiger charge is 2.15. The second-order valence-electron chi connectivity index (χ2n) is 4.39. The lowest BCUT2D eigenvalue weighted by Crippen LogP contribution is -2.17. The molecule has 0 aliphatic carbocycles. The standard InChI is InChI=1S/C13H17Cl2N3/c1-4-8(5-2)16-11-9(14)6-7-10-12(11)18(3)13(15)17-10/h6-8,16H,4-5H2,1-3H3. The number of fused-ring (bicyclic) bond motifs is 1. The molecule has 0 amide bonds. The van der Waals surface area contributed by atoms with Crippen LogP contribution in [0.2, 0.25) is 10.3 Å². The van der Waals surface area contributed by atoms with Crippen LogP contribution < -0.4 is 5.32 Å². The Labute approximate surface area is 117 Å². The topological polar surface area (TPSA) is 29.9 Å². The molecule has 1 aromatic heterocycles. The maximum absolute atomic E-state index is 6.30. The van der Waals surface area contributed by atoms with Crippen LogP contribution in [0, 0.1) is 0 Å². The van der Waals surface area contributed by atoms with E-state index in [0.717, 1.165) is 29.6 Å². The molecule has 0 atom stereocenters. The molecule has 0 aliphatic rings. The summed E-state index contributed by atoms with van der Waals surface area (Å²) in [5.41, 5.74) is 2.74. The zero-order valence-corrected chi connectivity index (χ0v) is 12.3. The molecule has 98 valence electrons. The lowest BCUT2D eigenvalue weighted by Gasteiger charge is -2.18. The molecule has 2 aromatic rings. The summed E-state index contributed by atoms with van der Waals surface area (Å²) in [6, 6.07) is 4.15. The number of halogens is 2. The largest absolute Gasteiger partial charge is 0.379 e. The molecule has 5 heteroatoms. The van der Waals surface area contributed by atoms with Crippen LogP contribution in [-0.4, -0.2) is 15.6 Å². The first-order valence-electron chi connectivity index (χ1n) is 6.15. The molecular formula is C13H17Cl2N3. The predicted molar refractivity (Wildman–Crippen MR) is 78.7 cm³/mol. The Kier molecular flexibility index (Phi) is 4.03. The van der Waals surface area contributed by atoms with E-state index in [-0.39, 0.29) is 0 Å². The third kappa shape index (κ3) is 2.29. The molecule has 1 N–H and O–H groups in total. The van der Waals surface area contributed by atoms with Crippen LogP contribution in [0.5, 0.6) is 0 Å². The number of aryl methyl sites for hydroxylation is 1. The number of rotatable bonds is 4. The highest BCUT2D eigenvalue weighted by molar-refractivity contribution is 6.35. The molecule has 2 rings (SSSR count). The minimum Gasteiger partial charge on any atom is -0.379 e. The Morgan fingerprint density at radius 2 is 1.94 bits per heavy atom. The van der Waals surface area contributed by atoms with Crippen LogP contribution in [0.15, 0.2) is 12.1 Å². The number of benzene rings is 1. The normalized spacial score (nSPS) is 11.4. The van der Waals surface area contributed by atoms with Gasteiger partial charge in [0.1, 0.15) is 0 Å². The van der Waals surface area contributed by atoms with Crippen molar-refractivity contribution in [3.05, 3.63) is 22.4 Å². The molecule has 0 radical (unpaired) electrons. The zero-order chi connectivity index (χ0) is 13.3. The first-order valence-corrected chi connectivity index (χ1v) is 6.91. The van der Waals surface area contributed by atoms with Gasteiger partial charge in [-0.3, -0.25) is 0 Å². The van der Waals surface area contributed by atoms with Gasteiger partial charge in [-0.1, -0.05) is 25.4 Å². The van der Waals surface area contributed by atoms with Crippen LogP contribution in [0.3, 0.4) is 0 Å². The number of hydrogen-bond donors (Lipinski definition) is 1. The van der Waals surface area contributed by atoms with Crippen molar-refractivity contribution in [2.75, 3.05) is 5.32 Å². The number of imidazole rings is 1. The lowest BCUT2D eigenvalue weighted by molar-refractivity contribution is 0.672. The van der Waals surface area contributed by atoms with Crippen molar-refractivity contribution in [2.24, 2.45) is 7.05 Å². The van der Waals surface area contributed by atoms with E-state index in [4.69, 9.17) is 23.2 Å². The smallest absolute Gasteiger partial charge is 0.203 e. The van der Waals surface area contributed by atoms with Gasteiger partial charge in [0.25, 0.3) is 0 Å². The van der Waals surface area contributed by atoms with Crippen LogP contribution in [0.25, 0.3) is 11.0 Å². The van der Waals surface area contributed by atoms with E-state index in [0.29, 0.717) is 16.3 Å². The van der Waals surface area contributed by atoms with Gasteiger partial charge in [-0.05, 0) is 36.6 Å². The van der Waals surface area contributed by atoms with Gasteiger partial charge in [-0.15, -0.1) is 0 Å². The van der Waals surface area contributed by atoms with Crippen molar-refractivity contribution < 1.29 is 0 Å². The molecule has 0 saturated carbocycles. The quantitative estimate of drug-likeness (QED) is 0.898. The van der Waals surface area contributed by atoms with Gasteiger partial charge in [-0.2, -0.15) is 0 Å². The van der Waals surface area contributed by atoms with Gasteiger partial charge in [0.15, 0.2) is 0 Å². The molecule has 0 spiro atoms. The lowest BCUT2D eigenvalue weighted by atomic mass is 10.1. The van der Waals surface area contributed by atoms with E-state index in [1.165, 1.54) is 0 Å². The van der Waals surface area contributed by atoms with Gasteiger partial charge in [0.05, 0.1) is 21.7 Å². The van der Waals surface area contributed by atoms with Crippen molar-refractivity contribution in [2.45, 2.75) is 32.7 Å². The molecule has 0 saturated heterocycles. The fraction of sp³-hybridized carbons (Fsp3) is 0.462. The molecule has 0 unspecified atom stereocenters. The van der Waals surface area contributed by atoms with Crippen molar-refractivity contribution in [1.29, 1.82) is 0 Å².